The average molecular weight is 789 g/mol. The zero-order valence-corrected chi connectivity index (χ0v) is 33.6. The SMILES string of the molecule is c1ccc2nc(-c3ccc(-c4nc(-c5ccc(-c6ccc7ccccc7n6)cc5)c5cc(-c6cccc7ccccc67)cc(-c6cccc7ccccc67)c5n4)cc3)ccc2c1. The molecule has 0 aliphatic carbocycles. The van der Waals surface area contributed by atoms with Crippen LogP contribution in [0.1, 0.15) is 0 Å². The van der Waals surface area contributed by atoms with E-state index in [4.69, 9.17) is 19.9 Å². The van der Waals surface area contributed by atoms with Gasteiger partial charge in [0.15, 0.2) is 5.82 Å². The van der Waals surface area contributed by atoms with Crippen LogP contribution in [0, 0.1) is 0 Å². The van der Waals surface area contributed by atoms with Gasteiger partial charge >= 0.3 is 0 Å². The lowest BCUT2D eigenvalue weighted by Crippen LogP contribution is -1.98. The van der Waals surface area contributed by atoms with Crippen molar-refractivity contribution in [1.82, 2.24) is 19.9 Å². The molecule has 62 heavy (non-hydrogen) atoms. The molecule has 0 aliphatic rings. The molecule has 9 aromatic carbocycles. The van der Waals surface area contributed by atoms with Gasteiger partial charge in [-0.25, -0.2) is 19.9 Å². The number of rotatable bonds is 6. The Morgan fingerprint density at radius 2 is 0.742 bits per heavy atom. The maximum absolute atomic E-state index is 5.51. The molecule has 0 radical (unpaired) electrons. The topological polar surface area (TPSA) is 51.6 Å². The Morgan fingerprint density at radius 3 is 1.35 bits per heavy atom. The van der Waals surface area contributed by atoms with Crippen molar-refractivity contribution in [3.8, 4) is 67.4 Å². The van der Waals surface area contributed by atoms with E-state index in [9.17, 15) is 0 Å². The Labute approximate surface area is 358 Å². The third kappa shape index (κ3) is 6.25. The molecule has 0 unspecified atom stereocenters. The number of aromatic nitrogens is 4. The van der Waals surface area contributed by atoms with E-state index in [2.05, 4.69) is 194 Å². The molecule has 0 amide bonds. The first-order valence-corrected chi connectivity index (χ1v) is 21.0. The molecule has 0 bridgehead atoms. The van der Waals surface area contributed by atoms with Gasteiger partial charge in [-0.2, -0.15) is 0 Å². The van der Waals surface area contributed by atoms with E-state index in [-0.39, 0.29) is 0 Å². The Morgan fingerprint density at radius 1 is 0.258 bits per heavy atom. The Bertz CT molecular complexity index is 3680. The van der Waals surface area contributed by atoms with Crippen LogP contribution in [-0.2, 0) is 0 Å². The van der Waals surface area contributed by atoms with Gasteiger partial charge in [0, 0.05) is 44.0 Å². The van der Waals surface area contributed by atoms with Crippen LogP contribution in [0.3, 0.4) is 0 Å². The third-order valence-corrected chi connectivity index (χ3v) is 12.1. The molecule has 4 nitrogen and oxygen atoms in total. The summed E-state index contributed by atoms with van der Waals surface area (Å²) in [6.45, 7) is 0. The number of pyridine rings is 2. The average Bonchev–Trinajstić information content (AvgIpc) is 3.35. The Hall–Kier alpha value is -8.34. The maximum atomic E-state index is 5.51. The summed E-state index contributed by atoms with van der Waals surface area (Å²) in [6, 6.07) is 77.0. The van der Waals surface area contributed by atoms with Crippen molar-refractivity contribution in [3.05, 3.63) is 218 Å². The Kier molecular flexibility index (Phi) is 8.46. The molecule has 3 heterocycles. The molecule has 0 saturated heterocycles. The number of hydrogen-bond donors (Lipinski definition) is 0. The van der Waals surface area contributed by atoms with E-state index < -0.39 is 0 Å². The van der Waals surface area contributed by atoms with Crippen molar-refractivity contribution >= 4 is 54.3 Å². The molecule has 0 saturated carbocycles. The zero-order valence-electron chi connectivity index (χ0n) is 33.6. The summed E-state index contributed by atoms with van der Waals surface area (Å²) >= 11 is 0. The summed E-state index contributed by atoms with van der Waals surface area (Å²) < 4.78 is 0. The van der Waals surface area contributed by atoms with E-state index in [1.54, 1.807) is 0 Å². The molecular formula is C58H36N4. The van der Waals surface area contributed by atoms with Crippen molar-refractivity contribution in [2.24, 2.45) is 0 Å². The van der Waals surface area contributed by atoms with Crippen LogP contribution in [0.2, 0.25) is 0 Å². The second-order valence-electron chi connectivity index (χ2n) is 15.8. The summed E-state index contributed by atoms with van der Waals surface area (Å²) in [6.07, 6.45) is 0. The lowest BCUT2D eigenvalue weighted by molar-refractivity contribution is 1.23. The monoisotopic (exact) mass is 788 g/mol. The molecule has 0 spiro atoms. The summed E-state index contributed by atoms with van der Waals surface area (Å²) in [7, 11) is 0. The molecule has 0 aliphatic heterocycles. The highest BCUT2D eigenvalue weighted by atomic mass is 14.9. The molecule has 4 heteroatoms. The largest absolute Gasteiger partial charge is 0.248 e. The number of hydrogen-bond acceptors (Lipinski definition) is 4. The molecule has 0 atom stereocenters. The molecule has 288 valence electrons. The highest BCUT2D eigenvalue weighted by Crippen LogP contribution is 2.42. The zero-order chi connectivity index (χ0) is 41.0. The number of benzene rings is 9. The van der Waals surface area contributed by atoms with Crippen molar-refractivity contribution < 1.29 is 0 Å². The van der Waals surface area contributed by atoms with Crippen LogP contribution in [0.4, 0.5) is 0 Å². The molecule has 3 aromatic heterocycles. The first-order chi connectivity index (χ1) is 30.7. The van der Waals surface area contributed by atoms with Crippen LogP contribution < -0.4 is 0 Å². The van der Waals surface area contributed by atoms with Gasteiger partial charge in [0.2, 0.25) is 0 Å². The van der Waals surface area contributed by atoms with Gasteiger partial charge in [-0.3, -0.25) is 0 Å². The quantitative estimate of drug-likeness (QED) is 0.168. The van der Waals surface area contributed by atoms with E-state index in [0.29, 0.717) is 5.82 Å². The minimum absolute atomic E-state index is 0.658. The fraction of sp³-hybridized carbons (Fsp3) is 0. The highest BCUT2D eigenvalue weighted by molar-refractivity contribution is 6.10. The lowest BCUT2D eigenvalue weighted by Gasteiger charge is -2.17. The maximum Gasteiger partial charge on any atom is 0.160 e. The summed E-state index contributed by atoms with van der Waals surface area (Å²) in [5.74, 6) is 0.658. The fourth-order valence-corrected chi connectivity index (χ4v) is 8.92. The van der Waals surface area contributed by atoms with Gasteiger partial charge in [-0.1, -0.05) is 182 Å². The van der Waals surface area contributed by atoms with Crippen LogP contribution in [-0.4, -0.2) is 19.9 Å². The lowest BCUT2D eigenvalue weighted by atomic mass is 9.90. The van der Waals surface area contributed by atoms with E-state index in [1.807, 2.05) is 24.3 Å². The van der Waals surface area contributed by atoms with Gasteiger partial charge in [-0.05, 0) is 74.6 Å². The van der Waals surface area contributed by atoms with Crippen LogP contribution in [0.15, 0.2) is 218 Å². The number of para-hydroxylation sites is 2. The first kappa shape index (κ1) is 35.6. The van der Waals surface area contributed by atoms with Crippen LogP contribution in [0.25, 0.3) is 122 Å². The van der Waals surface area contributed by atoms with Crippen molar-refractivity contribution in [3.63, 3.8) is 0 Å². The summed E-state index contributed by atoms with van der Waals surface area (Å²) in [4.78, 5) is 21.0. The van der Waals surface area contributed by atoms with Gasteiger partial charge < -0.3 is 0 Å². The number of nitrogens with zero attached hydrogens (tertiary/aromatic N) is 4. The minimum Gasteiger partial charge on any atom is -0.248 e. The van der Waals surface area contributed by atoms with Crippen molar-refractivity contribution in [1.29, 1.82) is 0 Å². The molecule has 0 fully saturated rings. The standard InChI is InChI=1S/C58H36N4/c1-5-17-46-37(11-1)15-9-19-48(46)45-35-50(49-20-10-16-38-12-2-6-18-47(38)49)57-51(36-45)56(43-27-23-41(24-28-43)54-33-31-39-13-3-7-21-52(39)59-54)61-58(62-57)44-29-25-42(26-30-44)55-34-32-40-14-4-8-22-53(40)60-55/h1-36H. The Balaban J connectivity index is 1.09. The van der Waals surface area contributed by atoms with Crippen molar-refractivity contribution in [2.45, 2.75) is 0 Å². The van der Waals surface area contributed by atoms with Gasteiger partial charge in [0.05, 0.1) is 33.6 Å². The van der Waals surface area contributed by atoms with Crippen LogP contribution >= 0.6 is 0 Å². The van der Waals surface area contributed by atoms with Gasteiger partial charge in [-0.15, -0.1) is 0 Å². The van der Waals surface area contributed by atoms with E-state index in [1.165, 1.54) is 21.5 Å². The van der Waals surface area contributed by atoms with Crippen molar-refractivity contribution in [2.75, 3.05) is 0 Å². The molecular weight excluding hydrogens is 753 g/mol. The normalized spacial score (nSPS) is 11.5. The molecule has 0 N–H and O–H groups in total. The van der Waals surface area contributed by atoms with Crippen LogP contribution in [0.5, 0.6) is 0 Å². The van der Waals surface area contributed by atoms with E-state index >= 15 is 0 Å². The number of fused-ring (bicyclic) bond motifs is 5. The summed E-state index contributed by atoms with van der Waals surface area (Å²) in [5, 5.41) is 7.98. The smallest absolute Gasteiger partial charge is 0.160 e. The predicted octanol–water partition coefficient (Wildman–Crippen LogP) is 15.0. The highest BCUT2D eigenvalue weighted by Gasteiger charge is 2.20. The second kappa shape index (κ2) is 14.7. The van der Waals surface area contributed by atoms with E-state index in [0.717, 1.165) is 94.3 Å². The fourth-order valence-electron chi connectivity index (χ4n) is 8.92. The third-order valence-electron chi connectivity index (χ3n) is 12.1. The second-order valence-corrected chi connectivity index (χ2v) is 15.8. The van der Waals surface area contributed by atoms with Gasteiger partial charge in [0.25, 0.3) is 0 Å². The molecule has 12 aromatic rings. The summed E-state index contributed by atoms with van der Waals surface area (Å²) in [5.41, 5.74) is 14.0. The molecule has 12 rings (SSSR count). The minimum atomic E-state index is 0.658. The first-order valence-electron chi connectivity index (χ1n) is 21.0. The van der Waals surface area contributed by atoms with Gasteiger partial charge in [0.1, 0.15) is 0 Å². The predicted molar refractivity (Wildman–Crippen MR) is 258 cm³/mol.